The van der Waals surface area contributed by atoms with Gasteiger partial charge < -0.3 is 15.2 Å². The van der Waals surface area contributed by atoms with Crippen LogP contribution >= 0.6 is 0 Å². The van der Waals surface area contributed by atoms with Gasteiger partial charge in [-0.25, -0.2) is 10.8 Å². The van der Waals surface area contributed by atoms with Gasteiger partial charge in [-0.05, 0) is 6.07 Å². The Labute approximate surface area is 102 Å². The second-order valence-corrected chi connectivity index (χ2v) is 3.48. The van der Waals surface area contributed by atoms with E-state index in [2.05, 4.69) is 15.7 Å². The van der Waals surface area contributed by atoms with Crippen LogP contribution in [-0.4, -0.2) is 9.91 Å². The number of nitrogens with one attached hydrogen (secondary N) is 2. The highest BCUT2D eigenvalue weighted by molar-refractivity contribution is 5.54. The molecule has 4 N–H and O–H groups in total. The summed E-state index contributed by atoms with van der Waals surface area (Å²) in [6.07, 6.45) is 3.12. The van der Waals surface area contributed by atoms with Crippen LogP contribution in [0.5, 0.6) is 0 Å². The van der Waals surface area contributed by atoms with Crippen molar-refractivity contribution in [3.63, 3.8) is 0 Å². The molecule has 2 aromatic rings. The van der Waals surface area contributed by atoms with E-state index in [0.717, 1.165) is 5.56 Å². The van der Waals surface area contributed by atoms with Crippen LogP contribution in [0.3, 0.4) is 0 Å². The fraction of sp³-hybridized carbons (Fsp3) is 0.100. The van der Waals surface area contributed by atoms with Crippen LogP contribution in [0.4, 0.5) is 17.3 Å². The zero-order chi connectivity index (χ0) is 13.0. The third-order valence-corrected chi connectivity index (χ3v) is 2.22. The minimum Gasteiger partial charge on any atom is -0.472 e. The molecule has 0 amide bonds. The number of nitrogens with zero attached hydrogens (tertiary/aromatic N) is 2. The smallest absolute Gasteiger partial charge is 0.276 e. The van der Waals surface area contributed by atoms with E-state index < -0.39 is 4.92 Å². The van der Waals surface area contributed by atoms with E-state index in [4.69, 9.17) is 10.3 Å². The maximum atomic E-state index is 10.7. The largest absolute Gasteiger partial charge is 0.472 e. The Hall–Kier alpha value is -2.61. The van der Waals surface area contributed by atoms with E-state index in [1.807, 2.05) is 0 Å². The van der Waals surface area contributed by atoms with Gasteiger partial charge in [0.05, 0.1) is 29.6 Å². The van der Waals surface area contributed by atoms with Gasteiger partial charge in [0.2, 0.25) is 0 Å². The number of hydrogen-bond acceptors (Lipinski definition) is 7. The van der Waals surface area contributed by atoms with Gasteiger partial charge in [-0.15, -0.1) is 0 Å². The van der Waals surface area contributed by atoms with Crippen molar-refractivity contribution < 1.29 is 9.34 Å². The lowest BCUT2D eigenvalue weighted by Gasteiger charge is -2.06. The van der Waals surface area contributed by atoms with Crippen LogP contribution in [0.25, 0.3) is 0 Å². The Morgan fingerprint density at radius 2 is 2.22 bits per heavy atom. The summed E-state index contributed by atoms with van der Waals surface area (Å²) in [4.78, 5) is 14.3. The molecule has 0 aliphatic rings. The molecule has 8 heteroatoms. The van der Waals surface area contributed by atoms with E-state index in [1.165, 1.54) is 12.1 Å². The summed E-state index contributed by atoms with van der Waals surface area (Å²) in [5, 5.41) is 13.7. The third-order valence-electron chi connectivity index (χ3n) is 2.22. The molecule has 2 rings (SSSR count). The number of pyridine rings is 1. The molecule has 18 heavy (non-hydrogen) atoms. The molecule has 0 saturated heterocycles. The Balaban J connectivity index is 2.16. The molecule has 0 fully saturated rings. The Kier molecular flexibility index (Phi) is 3.39. The number of hydrazine groups is 1. The summed E-state index contributed by atoms with van der Waals surface area (Å²) < 4.78 is 4.91. The number of rotatable bonds is 5. The van der Waals surface area contributed by atoms with E-state index >= 15 is 0 Å². The van der Waals surface area contributed by atoms with Crippen LogP contribution in [0.1, 0.15) is 5.56 Å². The maximum Gasteiger partial charge on any atom is 0.276 e. The second-order valence-electron chi connectivity index (χ2n) is 3.48. The van der Waals surface area contributed by atoms with Gasteiger partial charge in [-0.2, -0.15) is 0 Å². The summed E-state index contributed by atoms with van der Waals surface area (Å²) in [7, 11) is 0. The molecule has 0 aromatic carbocycles. The van der Waals surface area contributed by atoms with Crippen LogP contribution in [0.2, 0.25) is 0 Å². The average molecular weight is 249 g/mol. The summed E-state index contributed by atoms with van der Waals surface area (Å²) in [5.41, 5.74) is 3.10. The van der Waals surface area contributed by atoms with Gasteiger partial charge in [0.1, 0.15) is 11.6 Å². The highest BCUT2D eigenvalue weighted by atomic mass is 16.6. The number of nitro groups is 1. The van der Waals surface area contributed by atoms with Crippen molar-refractivity contribution in [1.82, 2.24) is 4.98 Å². The van der Waals surface area contributed by atoms with Gasteiger partial charge in [0.25, 0.3) is 5.69 Å². The zero-order valence-electron chi connectivity index (χ0n) is 9.29. The number of aromatic nitrogens is 1. The Bertz CT molecular complexity index is 540. The van der Waals surface area contributed by atoms with Crippen molar-refractivity contribution in [2.45, 2.75) is 6.54 Å². The maximum absolute atomic E-state index is 10.7. The molecule has 0 radical (unpaired) electrons. The van der Waals surface area contributed by atoms with Crippen molar-refractivity contribution in [2.75, 3.05) is 10.7 Å². The lowest BCUT2D eigenvalue weighted by molar-refractivity contribution is -0.384. The number of hydrogen-bond donors (Lipinski definition) is 3. The van der Waals surface area contributed by atoms with Crippen LogP contribution in [0, 0.1) is 10.1 Å². The van der Waals surface area contributed by atoms with E-state index in [9.17, 15) is 10.1 Å². The summed E-state index contributed by atoms with van der Waals surface area (Å²) in [6.45, 7) is 0.453. The summed E-state index contributed by atoms with van der Waals surface area (Å²) in [6, 6.07) is 4.37. The Morgan fingerprint density at radius 3 is 2.83 bits per heavy atom. The van der Waals surface area contributed by atoms with E-state index in [-0.39, 0.29) is 11.5 Å². The van der Waals surface area contributed by atoms with Gasteiger partial charge in [-0.1, -0.05) is 0 Å². The molecule has 0 saturated carbocycles. The van der Waals surface area contributed by atoms with Crippen molar-refractivity contribution in [2.24, 2.45) is 5.84 Å². The Morgan fingerprint density at radius 1 is 1.44 bits per heavy atom. The fourth-order valence-electron chi connectivity index (χ4n) is 1.37. The molecular formula is C10H11N5O3. The lowest BCUT2D eigenvalue weighted by atomic mass is 10.3. The van der Waals surface area contributed by atoms with Gasteiger partial charge in [0.15, 0.2) is 0 Å². The predicted molar refractivity (Wildman–Crippen MR) is 64.7 cm³/mol. The lowest BCUT2D eigenvalue weighted by Crippen LogP contribution is -2.10. The molecule has 2 heterocycles. The minimum absolute atomic E-state index is 0.0901. The van der Waals surface area contributed by atoms with Crippen molar-refractivity contribution >= 4 is 17.3 Å². The first kappa shape index (κ1) is 11.9. The summed E-state index contributed by atoms with van der Waals surface area (Å²) >= 11 is 0. The SMILES string of the molecule is NNc1cc([N+](=O)[O-])cc(NCc2ccoc2)n1. The highest BCUT2D eigenvalue weighted by Gasteiger charge is 2.10. The molecule has 0 aliphatic carbocycles. The predicted octanol–water partition coefficient (Wildman–Crippen LogP) is 1.48. The van der Waals surface area contributed by atoms with Crippen LogP contribution in [-0.2, 0) is 6.54 Å². The highest BCUT2D eigenvalue weighted by Crippen LogP contribution is 2.20. The topological polar surface area (TPSA) is 119 Å². The third kappa shape index (κ3) is 2.74. The van der Waals surface area contributed by atoms with Gasteiger partial charge in [-0.3, -0.25) is 10.1 Å². The van der Waals surface area contributed by atoms with E-state index in [0.29, 0.717) is 12.4 Å². The molecule has 0 bridgehead atoms. The number of furan rings is 1. The average Bonchev–Trinajstić information content (AvgIpc) is 2.89. The first-order valence-electron chi connectivity index (χ1n) is 5.07. The second kappa shape index (κ2) is 5.15. The number of nitrogen functional groups attached to an aromatic ring is 1. The van der Waals surface area contributed by atoms with Crippen LogP contribution < -0.4 is 16.6 Å². The standard InChI is InChI=1S/C10H11N5O3/c11-14-10-4-8(15(16)17)3-9(13-10)12-5-7-1-2-18-6-7/h1-4,6H,5,11H2,(H2,12,13,14). The monoisotopic (exact) mass is 249 g/mol. The van der Waals surface area contributed by atoms with Crippen molar-refractivity contribution in [1.29, 1.82) is 0 Å². The first-order chi connectivity index (χ1) is 8.69. The van der Waals surface area contributed by atoms with Gasteiger partial charge >= 0.3 is 0 Å². The number of nitrogens with two attached hydrogens (primary N) is 1. The molecular weight excluding hydrogens is 238 g/mol. The van der Waals surface area contributed by atoms with Gasteiger partial charge in [0, 0.05) is 12.1 Å². The molecule has 0 aliphatic heterocycles. The molecule has 94 valence electrons. The minimum atomic E-state index is -0.508. The molecule has 0 atom stereocenters. The molecule has 0 unspecified atom stereocenters. The normalized spacial score (nSPS) is 10.1. The van der Waals surface area contributed by atoms with E-state index in [1.54, 1.807) is 18.6 Å². The first-order valence-corrected chi connectivity index (χ1v) is 5.07. The molecule has 8 nitrogen and oxygen atoms in total. The molecule has 0 spiro atoms. The summed E-state index contributed by atoms with van der Waals surface area (Å²) in [5.74, 6) is 5.78. The van der Waals surface area contributed by atoms with Crippen molar-refractivity contribution in [3.8, 4) is 0 Å². The quantitative estimate of drug-likeness (QED) is 0.417. The fourth-order valence-corrected chi connectivity index (χ4v) is 1.37. The van der Waals surface area contributed by atoms with Crippen LogP contribution in [0.15, 0.2) is 35.1 Å². The van der Waals surface area contributed by atoms with Crippen molar-refractivity contribution in [3.05, 3.63) is 46.4 Å². The molecule has 2 aromatic heterocycles. The number of anilines is 2. The zero-order valence-corrected chi connectivity index (χ0v) is 9.29.